The van der Waals surface area contributed by atoms with E-state index in [1.165, 1.54) is 13.8 Å². The Morgan fingerprint density at radius 2 is 1.52 bits per heavy atom. The lowest BCUT2D eigenvalue weighted by Crippen LogP contribution is -2.58. The van der Waals surface area contributed by atoms with Crippen LogP contribution in [0.25, 0.3) is 0 Å². The van der Waals surface area contributed by atoms with Gasteiger partial charge in [-0.1, -0.05) is 13.8 Å². The fraction of sp³-hybridized carbons (Fsp3) is 0.727. The van der Waals surface area contributed by atoms with Crippen LogP contribution in [0.1, 0.15) is 20.3 Å². The molecule has 0 aromatic heterocycles. The van der Waals surface area contributed by atoms with Crippen LogP contribution >= 0.6 is 0 Å². The third kappa shape index (κ3) is 3.85. The number of carbonyl (C=O) groups is 1. The van der Waals surface area contributed by atoms with Gasteiger partial charge in [-0.05, 0) is 5.92 Å². The number of hydrogen-bond acceptors (Lipinski definition) is 2. The highest BCUT2D eigenvalue weighted by molar-refractivity contribution is 5.90. The molecule has 0 heterocycles. The normalized spacial score (nSPS) is 15.0. The summed E-state index contributed by atoms with van der Waals surface area (Å²) in [5.41, 5.74) is 0. The minimum atomic E-state index is -6.58. The van der Waals surface area contributed by atoms with Gasteiger partial charge < -0.3 is 5.11 Å². The second-order valence-electron chi connectivity index (χ2n) is 4.67. The first-order chi connectivity index (χ1) is 9.17. The summed E-state index contributed by atoms with van der Waals surface area (Å²) < 4.78 is 101. The van der Waals surface area contributed by atoms with Gasteiger partial charge in [-0.2, -0.15) is 26.3 Å². The molecule has 0 amide bonds. The van der Waals surface area contributed by atoms with Crippen molar-refractivity contribution in [3.63, 3.8) is 0 Å². The number of alkyl halides is 8. The Kier molecular flexibility index (Phi) is 5.79. The highest BCUT2D eigenvalue weighted by Crippen LogP contribution is 2.50. The van der Waals surface area contributed by atoms with E-state index in [1.54, 1.807) is 0 Å². The van der Waals surface area contributed by atoms with Crippen molar-refractivity contribution in [2.75, 3.05) is 0 Å². The first-order valence-electron chi connectivity index (χ1n) is 5.53. The van der Waals surface area contributed by atoms with Crippen molar-refractivity contribution in [1.29, 1.82) is 0 Å². The number of carbonyl (C=O) groups excluding carboxylic acids is 1. The van der Waals surface area contributed by atoms with E-state index in [9.17, 15) is 39.9 Å². The van der Waals surface area contributed by atoms with Crippen molar-refractivity contribution in [1.82, 2.24) is 0 Å². The highest BCUT2D eigenvalue weighted by atomic mass is 19.4. The summed E-state index contributed by atoms with van der Waals surface area (Å²) in [6, 6.07) is 0. The zero-order chi connectivity index (χ0) is 17.2. The van der Waals surface area contributed by atoms with Crippen molar-refractivity contribution < 1.29 is 45.0 Å². The fourth-order valence-electron chi connectivity index (χ4n) is 1.21. The molecule has 0 radical (unpaired) electrons. The van der Waals surface area contributed by atoms with E-state index in [2.05, 4.69) is 0 Å². The molecule has 10 heteroatoms. The van der Waals surface area contributed by atoms with Crippen LogP contribution in [-0.2, 0) is 4.79 Å². The minimum absolute atomic E-state index is 0.366. The molecule has 0 saturated carbocycles. The summed E-state index contributed by atoms with van der Waals surface area (Å²) >= 11 is 0. The second kappa shape index (κ2) is 6.18. The SMILES string of the molecule is CC(C)CC(=O)/C=C(\O)C(F)(F)C(F)(F)C(F)(F)C(F)F. The van der Waals surface area contributed by atoms with Gasteiger partial charge in [0.15, 0.2) is 11.5 Å². The molecular weight excluding hydrogens is 316 g/mol. The topological polar surface area (TPSA) is 37.3 Å². The van der Waals surface area contributed by atoms with E-state index >= 15 is 0 Å². The van der Waals surface area contributed by atoms with Gasteiger partial charge in [0, 0.05) is 12.5 Å². The molecule has 2 nitrogen and oxygen atoms in total. The lowest BCUT2D eigenvalue weighted by atomic mass is 10.0. The third-order valence-corrected chi connectivity index (χ3v) is 2.32. The van der Waals surface area contributed by atoms with Gasteiger partial charge in [-0.15, -0.1) is 0 Å². The maximum atomic E-state index is 13.1. The van der Waals surface area contributed by atoms with Crippen LogP contribution in [-0.4, -0.2) is 35.1 Å². The van der Waals surface area contributed by atoms with Gasteiger partial charge in [-0.25, -0.2) is 8.78 Å². The molecule has 0 unspecified atom stereocenters. The summed E-state index contributed by atoms with van der Waals surface area (Å²) in [5, 5.41) is 8.77. The first-order valence-corrected chi connectivity index (χ1v) is 5.53. The number of rotatable bonds is 7. The summed E-state index contributed by atoms with van der Waals surface area (Å²) in [6.07, 6.45) is -5.88. The number of aliphatic hydroxyl groups is 1. The number of hydrogen-bond donors (Lipinski definition) is 1. The van der Waals surface area contributed by atoms with Gasteiger partial charge in [-0.3, -0.25) is 4.79 Å². The molecule has 1 N–H and O–H groups in total. The molecule has 0 bridgehead atoms. The monoisotopic (exact) mass is 328 g/mol. The Morgan fingerprint density at radius 3 is 1.86 bits per heavy atom. The summed E-state index contributed by atoms with van der Waals surface area (Å²) in [6.45, 7) is 2.92. The quantitative estimate of drug-likeness (QED) is 0.432. The van der Waals surface area contributed by atoms with Crippen molar-refractivity contribution in [2.45, 2.75) is 44.5 Å². The van der Waals surface area contributed by atoms with Gasteiger partial charge in [0.2, 0.25) is 0 Å². The number of allylic oxidation sites excluding steroid dienone is 2. The number of aliphatic hydroxyl groups excluding tert-OH is 1. The van der Waals surface area contributed by atoms with E-state index in [0.717, 1.165) is 0 Å². The van der Waals surface area contributed by atoms with Crippen molar-refractivity contribution >= 4 is 5.78 Å². The molecule has 0 aliphatic rings. The average molecular weight is 328 g/mol. The standard InChI is InChI=1S/C11H12F8O2/c1-5(2)3-6(20)4-7(21)9(14,15)11(18,19)10(16,17)8(12)13/h4-5,8,21H,3H2,1-2H3/b7-4-. The molecule has 0 atom stereocenters. The highest BCUT2D eigenvalue weighted by Gasteiger charge is 2.77. The maximum absolute atomic E-state index is 13.1. The van der Waals surface area contributed by atoms with Crippen LogP contribution in [0.4, 0.5) is 35.1 Å². The molecular formula is C11H12F8O2. The van der Waals surface area contributed by atoms with E-state index in [0.29, 0.717) is 0 Å². The van der Waals surface area contributed by atoms with E-state index in [4.69, 9.17) is 5.11 Å². The molecule has 0 aromatic carbocycles. The van der Waals surface area contributed by atoms with Crippen LogP contribution in [0.3, 0.4) is 0 Å². The van der Waals surface area contributed by atoms with Crippen LogP contribution in [0, 0.1) is 5.92 Å². The van der Waals surface area contributed by atoms with Gasteiger partial charge in [0.1, 0.15) is 0 Å². The Balaban J connectivity index is 5.55. The Hall–Kier alpha value is -1.35. The van der Waals surface area contributed by atoms with Crippen molar-refractivity contribution in [3.05, 3.63) is 11.8 Å². The predicted molar refractivity (Wildman–Crippen MR) is 56.0 cm³/mol. The molecule has 0 rings (SSSR count). The molecule has 21 heavy (non-hydrogen) atoms. The molecule has 0 aromatic rings. The predicted octanol–water partition coefficient (Wildman–Crippen LogP) is 4.21. The molecule has 0 spiro atoms. The number of halogens is 8. The largest absolute Gasteiger partial charge is 0.506 e. The summed E-state index contributed by atoms with van der Waals surface area (Å²) in [4.78, 5) is 11.1. The van der Waals surface area contributed by atoms with Gasteiger partial charge in [0.25, 0.3) is 0 Å². The number of ketones is 1. The zero-order valence-corrected chi connectivity index (χ0v) is 10.8. The molecule has 0 aliphatic carbocycles. The fourth-order valence-corrected chi connectivity index (χ4v) is 1.21. The van der Waals surface area contributed by atoms with E-state index in [-0.39, 0.29) is 6.08 Å². The van der Waals surface area contributed by atoms with Crippen LogP contribution in [0.15, 0.2) is 11.8 Å². The van der Waals surface area contributed by atoms with Gasteiger partial charge >= 0.3 is 24.2 Å². The summed E-state index contributed by atoms with van der Waals surface area (Å²) in [5.74, 6) is -23.3. The molecule has 124 valence electrons. The Labute approximate surface area is 114 Å². The Bertz CT molecular complexity index is 414. The minimum Gasteiger partial charge on any atom is -0.506 e. The maximum Gasteiger partial charge on any atom is 0.385 e. The van der Waals surface area contributed by atoms with Gasteiger partial charge in [0.05, 0.1) is 0 Å². The second-order valence-corrected chi connectivity index (χ2v) is 4.67. The molecule has 0 fully saturated rings. The smallest absolute Gasteiger partial charge is 0.385 e. The van der Waals surface area contributed by atoms with Crippen molar-refractivity contribution in [2.24, 2.45) is 5.92 Å². The van der Waals surface area contributed by atoms with Crippen LogP contribution in [0.2, 0.25) is 0 Å². The summed E-state index contributed by atoms with van der Waals surface area (Å²) in [7, 11) is 0. The van der Waals surface area contributed by atoms with E-state index in [1.807, 2.05) is 0 Å². The average Bonchev–Trinajstić information content (AvgIpc) is 2.26. The van der Waals surface area contributed by atoms with Crippen molar-refractivity contribution in [3.8, 4) is 0 Å². The molecule has 0 saturated heterocycles. The van der Waals surface area contributed by atoms with Crippen LogP contribution < -0.4 is 0 Å². The Morgan fingerprint density at radius 1 is 1.10 bits per heavy atom. The van der Waals surface area contributed by atoms with E-state index < -0.39 is 48.1 Å². The lowest BCUT2D eigenvalue weighted by Gasteiger charge is -2.31. The third-order valence-electron chi connectivity index (χ3n) is 2.32. The first kappa shape index (κ1) is 19.7. The zero-order valence-electron chi connectivity index (χ0n) is 10.8. The lowest BCUT2D eigenvalue weighted by molar-refractivity contribution is -0.333. The molecule has 0 aliphatic heterocycles. The van der Waals surface area contributed by atoms with Crippen LogP contribution in [0.5, 0.6) is 0 Å².